The number of ether oxygens (including phenoxy) is 2. The molecule has 0 bridgehead atoms. The van der Waals surface area contributed by atoms with E-state index >= 15 is 0 Å². The molecule has 4 aromatic carbocycles. The fourth-order valence-electron chi connectivity index (χ4n) is 11.3. The lowest BCUT2D eigenvalue weighted by molar-refractivity contribution is -0.144. The van der Waals surface area contributed by atoms with Crippen LogP contribution in [0.1, 0.15) is 144 Å². The number of likely N-dealkylation sites (tertiary alicyclic amines) is 1. The number of hydrogen-bond acceptors (Lipinski definition) is 17. The molecule has 6 heterocycles. The Hall–Kier alpha value is -7.98. The number of benzene rings is 4. The molecule has 0 saturated carbocycles. The number of anilines is 2. The summed E-state index contributed by atoms with van der Waals surface area (Å²) in [5, 5.41) is 21.0. The topological polar surface area (TPSA) is 231 Å². The van der Waals surface area contributed by atoms with Gasteiger partial charge in [0.05, 0.1) is 52.2 Å². The van der Waals surface area contributed by atoms with E-state index in [-0.39, 0.29) is 49.1 Å². The normalized spacial score (nSPS) is 15.6. The summed E-state index contributed by atoms with van der Waals surface area (Å²) in [6.45, 7) is 13.1. The van der Waals surface area contributed by atoms with Crippen molar-refractivity contribution >= 4 is 84.1 Å². The summed E-state index contributed by atoms with van der Waals surface area (Å²) in [7, 11) is 1.36. The highest BCUT2D eigenvalue weighted by Gasteiger charge is 2.45. The second-order valence-electron chi connectivity index (χ2n) is 23.8. The van der Waals surface area contributed by atoms with E-state index in [0.717, 1.165) is 109 Å². The molecule has 8 aromatic rings. The molecule has 0 unspecified atom stereocenters. The first-order valence-corrected chi connectivity index (χ1v) is 32.7. The van der Waals surface area contributed by atoms with Gasteiger partial charge in [-0.15, -0.1) is 22.7 Å². The molecule has 4 aromatic heterocycles. The SMILES string of the molecule is COC(=O)c1nc(N2CCc3cccc(C(=O)Nc4nc5ccccc5s4)c3C2)sc1CCCOc1ccc(-c2ncc(CCCCCCCC(=O)N[C@H](C(=O)N3C[C@H](O)C[C@H]3C(=O)N[C@@H](C)c3ccc(-c4scnc4C)cc3)C(C)(C)C)cn2)cc1C. The number of aryl methyl sites for hydroxylation is 4. The molecule has 460 valence electrons. The Bertz CT molecular complexity index is 3750. The number of para-hydroxylation sites is 1. The van der Waals surface area contributed by atoms with E-state index in [2.05, 4.69) is 36.9 Å². The number of carbonyl (C=O) groups excluding carboxylic acids is 5. The first-order valence-electron chi connectivity index (χ1n) is 30.1. The number of thiazole rings is 3. The van der Waals surface area contributed by atoms with Crippen LogP contribution in [0.5, 0.6) is 5.75 Å². The highest BCUT2D eigenvalue weighted by atomic mass is 32.1. The Balaban J connectivity index is 0.636. The largest absolute Gasteiger partial charge is 0.493 e. The van der Waals surface area contributed by atoms with Gasteiger partial charge in [0.25, 0.3) is 5.91 Å². The zero-order valence-electron chi connectivity index (χ0n) is 50.9. The van der Waals surface area contributed by atoms with E-state index in [1.54, 1.807) is 11.3 Å². The quantitative estimate of drug-likeness (QED) is 0.0326. The summed E-state index contributed by atoms with van der Waals surface area (Å²) in [6.07, 6.45) is 10.5. The smallest absolute Gasteiger partial charge is 0.357 e. The number of fused-ring (bicyclic) bond motifs is 2. The molecule has 21 heteroatoms. The number of methoxy groups -OCH3 is 1. The summed E-state index contributed by atoms with van der Waals surface area (Å²) in [5.74, 6) is -0.262. The lowest BCUT2D eigenvalue weighted by Gasteiger charge is -2.35. The summed E-state index contributed by atoms with van der Waals surface area (Å²) in [6, 6.07) is 25.4. The molecule has 4 amide bonds. The van der Waals surface area contributed by atoms with Crippen molar-refractivity contribution in [1.29, 1.82) is 0 Å². The van der Waals surface area contributed by atoms with E-state index in [0.29, 0.717) is 66.3 Å². The highest BCUT2D eigenvalue weighted by molar-refractivity contribution is 7.22. The van der Waals surface area contributed by atoms with Crippen LogP contribution in [0.4, 0.5) is 10.3 Å². The Morgan fingerprint density at radius 2 is 1.59 bits per heavy atom. The van der Waals surface area contributed by atoms with Crippen LogP contribution in [0.25, 0.3) is 32.0 Å². The van der Waals surface area contributed by atoms with Gasteiger partial charge in [0, 0.05) is 60.9 Å². The monoisotopic (exact) mass is 1240 g/mol. The van der Waals surface area contributed by atoms with Crippen molar-refractivity contribution in [2.45, 2.75) is 143 Å². The first kappa shape index (κ1) is 63.1. The van der Waals surface area contributed by atoms with Gasteiger partial charge in [0.15, 0.2) is 21.8 Å². The number of amides is 4. The van der Waals surface area contributed by atoms with Crippen molar-refractivity contribution in [3.05, 3.63) is 152 Å². The first-order chi connectivity index (χ1) is 42.4. The van der Waals surface area contributed by atoms with Crippen LogP contribution in [0.2, 0.25) is 0 Å². The second-order valence-corrected chi connectivity index (χ2v) is 26.8. The molecule has 1 fully saturated rings. The number of unbranched alkanes of at least 4 members (excludes halogenated alkanes) is 4. The standard InChI is InChI=1S/C67H76N10O8S3/c1-40-33-47(28-29-53(40)85-32-16-22-55-57(64(83)84-7)74-66(88-55)76-31-30-45-18-15-19-49(50(45)38-76)61(80)75-65-72-51-20-13-14-21-54(51)87-65)60-68-35-43(36-69-60)17-11-9-8-10-12-23-56(79)73-59(67(4,5)6)63(82)77-37-48(78)34-52(77)62(81)71-41(2)44-24-26-46(27-25-44)58-42(3)70-39-86-58/h13-15,18-21,24-29,33,35-36,39,41,48,52,59,78H,8-12,16-17,22-23,30-32,34,37-38H2,1-7H3,(H,71,81)(H,73,79)(H,72,75,80)/t41-,48+,52-,59+/m0/s1. The lowest BCUT2D eigenvalue weighted by atomic mass is 9.85. The minimum absolute atomic E-state index is 0.0138. The fourth-order valence-corrected chi connectivity index (χ4v) is 14.1. The Labute approximate surface area is 525 Å². The van der Waals surface area contributed by atoms with Gasteiger partial charge < -0.3 is 35.0 Å². The van der Waals surface area contributed by atoms with Gasteiger partial charge >= 0.3 is 5.97 Å². The van der Waals surface area contributed by atoms with Crippen LogP contribution in [-0.4, -0.2) is 110 Å². The molecule has 88 heavy (non-hydrogen) atoms. The number of nitrogens with one attached hydrogen (secondary N) is 3. The van der Waals surface area contributed by atoms with Crippen molar-refractivity contribution in [3.63, 3.8) is 0 Å². The van der Waals surface area contributed by atoms with Crippen molar-refractivity contribution < 1.29 is 38.6 Å². The number of rotatable bonds is 24. The third-order valence-corrected chi connectivity index (χ3v) is 19.3. The van der Waals surface area contributed by atoms with Crippen LogP contribution in [0.3, 0.4) is 0 Å². The van der Waals surface area contributed by atoms with Crippen molar-refractivity contribution in [1.82, 2.24) is 40.5 Å². The third kappa shape index (κ3) is 15.3. The molecule has 4 atom stereocenters. The molecule has 1 saturated heterocycles. The molecule has 18 nitrogen and oxygen atoms in total. The van der Waals surface area contributed by atoms with E-state index < -0.39 is 29.6 Å². The zero-order valence-corrected chi connectivity index (χ0v) is 53.3. The minimum Gasteiger partial charge on any atom is -0.493 e. The molecule has 0 spiro atoms. The van der Waals surface area contributed by atoms with Crippen LogP contribution < -0.4 is 25.6 Å². The summed E-state index contributed by atoms with van der Waals surface area (Å²) < 4.78 is 12.4. The van der Waals surface area contributed by atoms with Crippen LogP contribution >= 0.6 is 34.0 Å². The number of aliphatic hydroxyl groups excluding tert-OH is 1. The molecular weight excluding hydrogens is 1170 g/mol. The Morgan fingerprint density at radius 3 is 2.33 bits per heavy atom. The highest BCUT2D eigenvalue weighted by Crippen LogP contribution is 2.36. The van der Waals surface area contributed by atoms with Gasteiger partial charge in [-0.25, -0.2) is 29.7 Å². The number of nitrogens with zero attached hydrogens (tertiary/aromatic N) is 7. The third-order valence-electron chi connectivity index (χ3n) is 16.2. The van der Waals surface area contributed by atoms with E-state index in [1.165, 1.54) is 34.7 Å². The molecule has 10 rings (SSSR count). The van der Waals surface area contributed by atoms with Crippen LogP contribution in [-0.2, 0) is 44.9 Å². The zero-order chi connectivity index (χ0) is 62.1. The molecular formula is C67H76N10O8S3. The van der Waals surface area contributed by atoms with Gasteiger partial charge in [-0.2, -0.15) is 0 Å². The molecule has 2 aliphatic rings. The lowest BCUT2D eigenvalue weighted by Crippen LogP contribution is -2.57. The van der Waals surface area contributed by atoms with Gasteiger partial charge in [-0.05, 0) is 134 Å². The average molecular weight is 1250 g/mol. The number of carbonyl (C=O) groups is 5. The molecule has 0 aliphatic carbocycles. The predicted octanol–water partition coefficient (Wildman–Crippen LogP) is 11.8. The van der Waals surface area contributed by atoms with Crippen LogP contribution in [0.15, 0.2) is 103 Å². The van der Waals surface area contributed by atoms with Crippen molar-refractivity contribution in [2.75, 3.05) is 37.0 Å². The molecule has 0 radical (unpaired) electrons. The Kier molecular flexibility index (Phi) is 20.4. The number of aromatic nitrogens is 5. The summed E-state index contributed by atoms with van der Waals surface area (Å²) in [5.41, 5.74) is 10.8. The van der Waals surface area contributed by atoms with Crippen LogP contribution in [0, 0.1) is 19.3 Å². The van der Waals surface area contributed by atoms with Crippen molar-refractivity contribution in [2.24, 2.45) is 5.41 Å². The maximum atomic E-state index is 14.2. The number of aliphatic hydroxyl groups is 1. The fraction of sp³-hybridized carbons (Fsp3) is 0.403. The number of β-amino-alcohol motifs (C(OH)–C–C–N with tert-alkyl or cyclic N) is 1. The summed E-state index contributed by atoms with van der Waals surface area (Å²) >= 11 is 4.49. The van der Waals surface area contributed by atoms with Crippen molar-refractivity contribution in [3.8, 4) is 27.6 Å². The molecule has 4 N–H and O–H groups in total. The minimum atomic E-state index is -0.880. The second kappa shape index (κ2) is 28.5. The predicted molar refractivity (Wildman–Crippen MR) is 346 cm³/mol. The van der Waals surface area contributed by atoms with Gasteiger partial charge in [-0.1, -0.05) is 99.9 Å². The molecule has 2 aliphatic heterocycles. The van der Waals surface area contributed by atoms with E-state index in [4.69, 9.17) is 24.4 Å². The average Bonchev–Trinajstić information content (AvgIpc) is 2.18. The van der Waals surface area contributed by atoms with Gasteiger partial charge in [0.1, 0.15) is 17.8 Å². The number of esters is 1. The Morgan fingerprint density at radius 1 is 0.830 bits per heavy atom. The number of hydrogen-bond donors (Lipinski definition) is 4. The maximum Gasteiger partial charge on any atom is 0.357 e. The maximum absolute atomic E-state index is 14.2. The van der Waals surface area contributed by atoms with E-state index in [1.807, 2.05) is 138 Å². The van der Waals surface area contributed by atoms with Gasteiger partial charge in [-0.3, -0.25) is 24.5 Å². The van der Waals surface area contributed by atoms with Gasteiger partial charge in [0.2, 0.25) is 17.7 Å². The summed E-state index contributed by atoms with van der Waals surface area (Å²) in [4.78, 5) is 96.6. The van der Waals surface area contributed by atoms with E-state index in [9.17, 15) is 29.1 Å².